The van der Waals surface area contributed by atoms with E-state index < -0.39 is 0 Å². The highest BCUT2D eigenvalue weighted by Gasteiger charge is 2.08. The first kappa shape index (κ1) is 10.5. The van der Waals surface area contributed by atoms with E-state index in [1.165, 1.54) is 0 Å². The predicted molar refractivity (Wildman–Crippen MR) is 64.3 cm³/mol. The molecular formula is C12H14N4. The van der Waals surface area contributed by atoms with E-state index in [1.54, 1.807) is 10.7 Å². The molecule has 0 saturated carbocycles. The largest absolute Gasteiger partial charge is 0.355 e. The van der Waals surface area contributed by atoms with E-state index in [4.69, 9.17) is 6.42 Å². The second-order valence-corrected chi connectivity index (χ2v) is 3.66. The van der Waals surface area contributed by atoms with E-state index in [9.17, 15) is 0 Å². The van der Waals surface area contributed by atoms with Gasteiger partial charge in [0.2, 0.25) is 0 Å². The Bertz CT molecular complexity index is 535. The molecule has 2 aromatic rings. The van der Waals surface area contributed by atoms with Crippen molar-refractivity contribution in [1.82, 2.24) is 14.6 Å². The Hall–Kier alpha value is -2.02. The second-order valence-electron chi connectivity index (χ2n) is 3.66. The number of nitrogens with one attached hydrogen (secondary N) is 1. The maximum Gasteiger partial charge on any atom is 0.153 e. The molecule has 1 unspecified atom stereocenters. The van der Waals surface area contributed by atoms with Gasteiger partial charge in [-0.15, -0.1) is 6.42 Å². The normalized spacial score (nSPS) is 12.3. The Morgan fingerprint density at radius 3 is 3.12 bits per heavy atom. The first-order valence-electron chi connectivity index (χ1n) is 5.28. The minimum atomic E-state index is 0.00825. The fraction of sp³-hybridized carbons (Fsp3) is 0.333. The maximum absolute atomic E-state index is 5.42. The zero-order chi connectivity index (χ0) is 11.5. The molecule has 82 valence electrons. The van der Waals surface area contributed by atoms with Crippen molar-refractivity contribution in [3.8, 4) is 12.3 Å². The van der Waals surface area contributed by atoms with E-state index in [0.717, 1.165) is 23.4 Å². The van der Waals surface area contributed by atoms with Gasteiger partial charge in [0, 0.05) is 12.4 Å². The second kappa shape index (κ2) is 4.23. The van der Waals surface area contributed by atoms with Crippen LogP contribution in [0.25, 0.3) is 5.52 Å². The van der Waals surface area contributed by atoms with Gasteiger partial charge in [-0.25, -0.2) is 9.50 Å². The average molecular weight is 214 g/mol. The maximum atomic E-state index is 5.42. The molecule has 2 aromatic heterocycles. The number of anilines is 1. The SMILES string of the molecule is C#CC(CC)Nc1nccn2nc(C)cc12. The summed E-state index contributed by atoms with van der Waals surface area (Å²) < 4.78 is 1.80. The summed E-state index contributed by atoms with van der Waals surface area (Å²) in [4.78, 5) is 4.29. The molecule has 0 bridgehead atoms. The molecule has 4 nitrogen and oxygen atoms in total. The van der Waals surface area contributed by atoms with Gasteiger partial charge in [0.25, 0.3) is 0 Å². The van der Waals surface area contributed by atoms with Crippen molar-refractivity contribution in [1.29, 1.82) is 0 Å². The van der Waals surface area contributed by atoms with E-state index in [-0.39, 0.29) is 6.04 Å². The van der Waals surface area contributed by atoms with Gasteiger partial charge in [0.1, 0.15) is 5.52 Å². The fourth-order valence-corrected chi connectivity index (χ4v) is 1.58. The molecule has 0 aromatic carbocycles. The summed E-state index contributed by atoms with van der Waals surface area (Å²) in [5.41, 5.74) is 1.92. The van der Waals surface area contributed by atoms with E-state index in [1.807, 2.05) is 26.1 Å². The quantitative estimate of drug-likeness (QED) is 0.793. The Kier molecular flexibility index (Phi) is 2.78. The molecular weight excluding hydrogens is 200 g/mol. The van der Waals surface area contributed by atoms with Crippen molar-refractivity contribution in [3.05, 3.63) is 24.2 Å². The molecule has 0 spiro atoms. The van der Waals surface area contributed by atoms with Crippen LogP contribution in [0.2, 0.25) is 0 Å². The van der Waals surface area contributed by atoms with Gasteiger partial charge >= 0.3 is 0 Å². The molecule has 1 N–H and O–H groups in total. The monoisotopic (exact) mass is 214 g/mol. The molecule has 0 aliphatic rings. The highest BCUT2D eigenvalue weighted by Crippen LogP contribution is 2.15. The fourth-order valence-electron chi connectivity index (χ4n) is 1.58. The summed E-state index contributed by atoms with van der Waals surface area (Å²) >= 11 is 0. The zero-order valence-electron chi connectivity index (χ0n) is 9.44. The summed E-state index contributed by atoms with van der Waals surface area (Å²) in [6.45, 7) is 3.99. The van der Waals surface area contributed by atoms with Crippen molar-refractivity contribution in [2.75, 3.05) is 5.32 Å². The molecule has 0 saturated heterocycles. The van der Waals surface area contributed by atoms with Crippen molar-refractivity contribution in [2.24, 2.45) is 0 Å². The number of aryl methyl sites for hydroxylation is 1. The third-order valence-corrected chi connectivity index (χ3v) is 2.43. The van der Waals surface area contributed by atoms with Crippen LogP contribution in [0.15, 0.2) is 18.5 Å². The standard InChI is InChI=1S/C12H14N4/c1-4-10(5-2)14-12-11-8-9(3)15-16(11)7-6-13-12/h1,6-8,10H,5H2,2-3H3,(H,13,14). The van der Waals surface area contributed by atoms with Crippen LogP contribution in [0.1, 0.15) is 19.0 Å². The van der Waals surface area contributed by atoms with Crippen molar-refractivity contribution in [2.45, 2.75) is 26.3 Å². The van der Waals surface area contributed by atoms with Crippen LogP contribution in [0.5, 0.6) is 0 Å². The lowest BCUT2D eigenvalue weighted by Crippen LogP contribution is -2.17. The Labute approximate surface area is 94.7 Å². The number of nitrogens with zero attached hydrogens (tertiary/aromatic N) is 3. The molecule has 4 heteroatoms. The van der Waals surface area contributed by atoms with Gasteiger partial charge in [-0.1, -0.05) is 12.8 Å². The molecule has 0 fully saturated rings. The first-order chi connectivity index (χ1) is 7.74. The smallest absolute Gasteiger partial charge is 0.153 e. The minimum Gasteiger partial charge on any atom is -0.355 e. The summed E-state index contributed by atoms with van der Waals surface area (Å²) in [6, 6.07) is 1.99. The minimum absolute atomic E-state index is 0.00825. The van der Waals surface area contributed by atoms with Gasteiger partial charge in [-0.05, 0) is 19.4 Å². The van der Waals surface area contributed by atoms with Gasteiger partial charge in [0.05, 0.1) is 11.7 Å². The van der Waals surface area contributed by atoms with E-state index in [2.05, 4.69) is 21.3 Å². The predicted octanol–water partition coefficient (Wildman–Crippen LogP) is 1.86. The van der Waals surface area contributed by atoms with Crippen LogP contribution in [0.3, 0.4) is 0 Å². The van der Waals surface area contributed by atoms with Crippen molar-refractivity contribution >= 4 is 11.3 Å². The molecule has 2 heterocycles. The van der Waals surface area contributed by atoms with E-state index >= 15 is 0 Å². The van der Waals surface area contributed by atoms with Crippen LogP contribution in [-0.4, -0.2) is 20.6 Å². The van der Waals surface area contributed by atoms with Crippen LogP contribution in [-0.2, 0) is 0 Å². The van der Waals surface area contributed by atoms with Crippen LogP contribution in [0.4, 0.5) is 5.82 Å². The summed E-state index contributed by atoms with van der Waals surface area (Å²) in [7, 11) is 0. The lowest BCUT2D eigenvalue weighted by molar-refractivity contribution is 0.846. The van der Waals surface area contributed by atoms with Crippen molar-refractivity contribution in [3.63, 3.8) is 0 Å². The lowest BCUT2D eigenvalue weighted by Gasteiger charge is -2.11. The summed E-state index contributed by atoms with van der Waals surface area (Å²) in [5.74, 6) is 3.48. The van der Waals surface area contributed by atoms with E-state index in [0.29, 0.717) is 0 Å². The average Bonchev–Trinajstić information content (AvgIpc) is 2.67. The zero-order valence-corrected chi connectivity index (χ0v) is 9.44. The number of fused-ring (bicyclic) bond motifs is 1. The lowest BCUT2D eigenvalue weighted by atomic mass is 10.2. The molecule has 0 amide bonds. The molecule has 0 aliphatic carbocycles. The number of hydrogen-bond acceptors (Lipinski definition) is 3. The van der Waals surface area contributed by atoms with Gasteiger partial charge in [0.15, 0.2) is 5.82 Å². The third kappa shape index (κ3) is 1.84. The number of terminal acetylenes is 1. The molecule has 1 atom stereocenters. The molecule has 2 rings (SSSR count). The number of rotatable bonds is 3. The third-order valence-electron chi connectivity index (χ3n) is 2.43. The van der Waals surface area contributed by atoms with Crippen LogP contribution in [0, 0.1) is 19.3 Å². The van der Waals surface area contributed by atoms with Crippen LogP contribution < -0.4 is 5.32 Å². The van der Waals surface area contributed by atoms with Crippen LogP contribution >= 0.6 is 0 Å². The Balaban J connectivity index is 2.41. The molecule has 0 aliphatic heterocycles. The topological polar surface area (TPSA) is 42.2 Å². The molecule has 16 heavy (non-hydrogen) atoms. The first-order valence-corrected chi connectivity index (χ1v) is 5.28. The number of aromatic nitrogens is 3. The summed E-state index contributed by atoms with van der Waals surface area (Å²) in [5, 5.41) is 7.54. The summed E-state index contributed by atoms with van der Waals surface area (Å²) in [6.07, 6.45) is 9.82. The molecule has 0 radical (unpaired) electrons. The van der Waals surface area contributed by atoms with Gasteiger partial charge in [-0.3, -0.25) is 0 Å². The Morgan fingerprint density at radius 2 is 2.44 bits per heavy atom. The Morgan fingerprint density at radius 1 is 1.62 bits per heavy atom. The van der Waals surface area contributed by atoms with Gasteiger partial charge < -0.3 is 5.32 Å². The van der Waals surface area contributed by atoms with Gasteiger partial charge in [-0.2, -0.15) is 5.10 Å². The highest BCUT2D eigenvalue weighted by atomic mass is 15.2. The van der Waals surface area contributed by atoms with Crippen molar-refractivity contribution < 1.29 is 0 Å². The number of hydrogen-bond donors (Lipinski definition) is 1. The highest BCUT2D eigenvalue weighted by molar-refractivity contribution is 5.68.